The highest BCUT2D eigenvalue weighted by atomic mass is 16.1. The lowest BCUT2D eigenvalue weighted by Crippen LogP contribution is -2.22. The molecule has 0 bridgehead atoms. The summed E-state index contributed by atoms with van der Waals surface area (Å²) < 4.78 is 2.40. The van der Waals surface area contributed by atoms with Crippen LogP contribution in [0, 0.1) is 0 Å². The summed E-state index contributed by atoms with van der Waals surface area (Å²) in [4.78, 5) is 16.9. The summed E-state index contributed by atoms with van der Waals surface area (Å²) in [7, 11) is 0. The van der Waals surface area contributed by atoms with Crippen LogP contribution in [0.25, 0.3) is 21.7 Å². The highest BCUT2D eigenvalue weighted by molar-refractivity contribution is 5.99. The van der Waals surface area contributed by atoms with Crippen LogP contribution in [0.1, 0.15) is 40.5 Å². The summed E-state index contributed by atoms with van der Waals surface area (Å²) in [6.07, 6.45) is 5.22. The highest BCUT2D eigenvalue weighted by Gasteiger charge is 2.21. The molecular weight excluding hydrogens is 360 g/mol. The van der Waals surface area contributed by atoms with Crippen LogP contribution in [0.2, 0.25) is 0 Å². The summed E-state index contributed by atoms with van der Waals surface area (Å²) in [6, 6.07) is 14.0. The Morgan fingerprint density at radius 3 is 2.90 bits per heavy atom. The molecule has 4 aromatic rings. The number of pyridine rings is 1. The number of carbonyl (C=O) groups is 1. The normalized spacial score (nSPS) is 13.1. The van der Waals surface area contributed by atoms with Gasteiger partial charge in [0.15, 0.2) is 0 Å². The standard InChI is InChI=1S/C24H24N4O/c1-2-28-21-5-3-4-19(21)20-11-16(8-9-22(20)28)24(29)27-13-15-6-7-17-14-26-23(25)12-18(17)10-15/h6-12,14H,2-5,13H2,1H3,(H2,25,26)(H,27,29). The fraction of sp³-hybridized carbons (Fsp3) is 0.250. The maximum absolute atomic E-state index is 12.8. The number of nitrogens with one attached hydrogen (secondary N) is 1. The van der Waals surface area contributed by atoms with Crippen molar-refractivity contribution in [1.82, 2.24) is 14.9 Å². The van der Waals surface area contributed by atoms with E-state index in [0.29, 0.717) is 12.4 Å². The molecule has 146 valence electrons. The highest BCUT2D eigenvalue weighted by Crippen LogP contribution is 2.33. The van der Waals surface area contributed by atoms with Crippen LogP contribution in [0.3, 0.4) is 0 Å². The predicted molar refractivity (Wildman–Crippen MR) is 117 cm³/mol. The molecule has 0 fully saturated rings. The van der Waals surface area contributed by atoms with Crippen LogP contribution >= 0.6 is 0 Å². The number of carbonyl (C=O) groups excluding carboxylic acids is 1. The van der Waals surface area contributed by atoms with Gasteiger partial charge in [0.1, 0.15) is 5.82 Å². The molecule has 5 rings (SSSR count). The third-order valence-electron chi connectivity index (χ3n) is 5.97. The van der Waals surface area contributed by atoms with Gasteiger partial charge in [-0.1, -0.05) is 12.1 Å². The molecule has 0 spiro atoms. The maximum atomic E-state index is 12.8. The minimum Gasteiger partial charge on any atom is -0.384 e. The van der Waals surface area contributed by atoms with Gasteiger partial charge in [-0.15, -0.1) is 0 Å². The van der Waals surface area contributed by atoms with Gasteiger partial charge in [-0.2, -0.15) is 0 Å². The number of aromatic nitrogens is 2. The molecule has 3 N–H and O–H groups in total. The Hall–Kier alpha value is -3.34. The Morgan fingerprint density at radius 2 is 2.03 bits per heavy atom. The van der Waals surface area contributed by atoms with Crippen molar-refractivity contribution in [2.45, 2.75) is 39.3 Å². The lowest BCUT2D eigenvalue weighted by Gasteiger charge is -2.09. The van der Waals surface area contributed by atoms with E-state index in [9.17, 15) is 4.79 Å². The van der Waals surface area contributed by atoms with Crippen molar-refractivity contribution in [2.75, 3.05) is 5.73 Å². The Kier molecular flexibility index (Phi) is 4.23. The van der Waals surface area contributed by atoms with Crippen LogP contribution in [-0.2, 0) is 25.9 Å². The third kappa shape index (κ3) is 3.03. The summed E-state index contributed by atoms with van der Waals surface area (Å²) in [5.74, 6) is 0.454. The van der Waals surface area contributed by atoms with E-state index in [4.69, 9.17) is 5.73 Å². The fourth-order valence-corrected chi connectivity index (χ4v) is 4.58. The van der Waals surface area contributed by atoms with Gasteiger partial charge in [0.25, 0.3) is 5.91 Å². The van der Waals surface area contributed by atoms with Crippen LogP contribution in [0.15, 0.2) is 48.7 Å². The molecule has 1 aliphatic carbocycles. The van der Waals surface area contributed by atoms with Crippen molar-refractivity contribution < 1.29 is 4.79 Å². The van der Waals surface area contributed by atoms with E-state index in [-0.39, 0.29) is 5.91 Å². The summed E-state index contributed by atoms with van der Waals surface area (Å²) in [5.41, 5.74) is 11.7. The molecule has 0 atom stereocenters. The zero-order valence-corrected chi connectivity index (χ0v) is 16.5. The number of rotatable bonds is 4. The first-order chi connectivity index (χ1) is 14.1. The molecule has 29 heavy (non-hydrogen) atoms. The van der Waals surface area contributed by atoms with Crippen molar-refractivity contribution >= 4 is 33.4 Å². The van der Waals surface area contributed by atoms with Crippen LogP contribution in [0.4, 0.5) is 5.82 Å². The van der Waals surface area contributed by atoms with Crippen molar-refractivity contribution in [2.24, 2.45) is 0 Å². The number of hydrogen-bond acceptors (Lipinski definition) is 3. The Labute approximate surface area is 169 Å². The predicted octanol–water partition coefficient (Wildman–Crippen LogP) is 4.21. The van der Waals surface area contributed by atoms with Crippen LogP contribution in [-0.4, -0.2) is 15.5 Å². The first kappa shape index (κ1) is 17.7. The molecule has 5 heteroatoms. The number of benzene rings is 2. The molecule has 0 saturated heterocycles. The molecule has 0 saturated carbocycles. The van der Waals surface area contributed by atoms with E-state index in [1.807, 2.05) is 30.3 Å². The monoisotopic (exact) mass is 384 g/mol. The third-order valence-corrected chi connectivity index (χ3v) is 5.97. The number of anilines is 1. The number of nitrogens with zero attached hydrogens (tertiary/aromatic N) is 2. The number of nitrogen functional groups attached to an aromatic ring is 1. The van der Waals surface area contributed by atoms with E-state index in [0.717, 1.165) is 41.3 Å². The molecule has 1 amide bonds. The number of hydrogen-bond donors (Lipinski definition) is 2. The SMILES string of the molecule is CCn1c2c(c3cc(C(=O)NCc4ccc5cnc(N)cc5c4)ccc31)CCC2. The van der Waals surface area contributed by atoms with Gasteiger partial charge >= 0.3 is 0 Å². The van der Waals surface area contributed by atoms with Crippen LogP contribution < -0.4 is 11.1 Å². The number of fused-ring (bicyclic) bond motifs is 4. The summed E-state index contributed by atoms with van der Waals surface area (Å²) in [5, 5.41) is 6.36. The van der Waals surface area contributed by atoms with Crippen molar-refractivity contribution in [1.29, 1.82) is 0 Å². The fourth-order valence-electron chi connectivity index (χ4n) is 4.58. The lowest BCUT2D eigenvalue weighted by molar-refractivity contribution is 0.0951. The van der Waals surface area contributed by atoms with Gasteiger partial charge in [0.05, 0.1) is 0 Å². The van der Waals surface area contributed by atoms with Gasteiger partial charge in [0, 0.05) is 46.8 Å². The molecule has 0 unspecified atom stereocenters. The second-order valence-corrected chi connectivity index (χ2v) is 7.73. The quantitative estimate of drug-likeness (QED) is 0.554. The van der Waals surface area contributed by atoms with Gasteiger partial charge in [-0.25, -0.2) is 4.98 Å². The molecule has 0 aliphatic heterocycles. The Morgan fingerprint density at radius 1 is 1.14 bits per heavy atom. The van der Waals surface area contributed by atoms with Gasteiger partial charge in [0.2, 0.25) is 0 Å². The average Bonchev–Trinajstić information content (AvgIpc) is 3.32. The topological polar surface area (TPSA) is 72.9 Å². The first-order valence-corrected chi connectivity index (χ1v) is 10.2. The van der Waals surface area contributed by atoms with Crippen LogP contribution in [0.5, 0.6) is 0 Å². The lowest BCUT2D eigenvalue weighted by atomic mass is 10.1. The van der Waals surface area contributed by atoms with E-state index in [1.165, 1.54) is 28.6 Å². The van der Waals surface area contributed by atoms with Crippen molar-refractivity contribution in [3.63, 3.8) is 0 Å². The average molecular weight is 384 g/mol. The smallest absolute Gasteiger partial charge is 0.251 e. The number of nitrogens with two attached hydrogens (primary N) is 1. The van der Waals surface area contributed by atoms with Crippen molar-refractivity contribution in [3.8, 4) is 0 Å². The zero-order valence-electron chi connectivity index (χ0n) is 16.5. The molecule has 0 radical (unpaired) electrons. The molecule has 2 aromatic heterocycles. The molecule has 2 heterocycles. The van der Waals surface area contributed by atoms with E-state index < -0.39 is 0 Å². The maximum Gasteiger partial charge on any atom is 0.251 e. The Balaban J connectivity index is 1.39. The molecule has 2 aromatic carbocycles. The first-order valence-electron chi connectivity index (χ1n) is 10.2. The molecule has 5 nitrogen and oxygen atoms in total. The van der Waals surface area contributed by atoms with Gasteiger partial charge < -0.3 is 15.6 Å². The largest absolute Gasteiger partial charge is 0.384 e. The minimum absolute atomic E-state index is 0.0442. The van der Waals surface area contributed by atoms with Gasteiger partial charge in [-0.05, 0) is 73.0 Å². The molecule has 1 aliphatic rings. The van der Waals surface area contributed by atoms with E-state index in [2.05, 4.69) is 33.9 Å². The summed E-state index contributed by atoms with van der Waals surface area (Å²) in [6.45, 7) is 3.63. The second kappa shape index (κ2) is 6.92. The van der Waals surface area contributed by atoms with E-state index in [1.54, 1.807) is 6.20 Å². The number of aryl methyl sites for hydroxylation is 2. The minimum atomic E-state index is -0.0442. The zero-order chi connectivity index (χ0) is 20.0. The molecular formula is C24H24N4O. The van der Waals surface area contributed by atoms with Crippen molar-refractivity contribution in [3.05, 3.63) is 71.0 Å². The Bertz CT molecular complexity index is 1250. The number of amides is 1. The second-order valence-electron chi connectivity index (χ2n) is 7.73. The summed E-state index contributed by atoms with van der Waals surface area (Å²) >= 11 is 0. The van der Waals surface area contributed by atoms with Gasteiger partial charge in [-0.3, -0.25) is 4.79 Å². The van der Waals surface area contributed by atoms with E-state index >= 15 is 0 Å².